The van der Waals surface area contributed by atoms with E-state index in [1.54, 1.807) is 24.3 Å². The molecular weight excluding hydrogens is 326 g/mol. The molecule has 0 aromatic heterocycles. The SMILES string of the molecule is O=C1S/C(=C\c2cccc(O)c2)C(=O)N1CCOc1ccccc1. The van der Waals surface area contributed by atoms with Crippen molar-refractivity contribution in [1.82, 2.24) is 4.90 Å². The first-order chi connectivity index (χ1) is 11.6. The summed E-state index contributed by atoms with van der Waals surface area (Å²) in [4.78, 5) is 25.9. The van der Waals surface area contributed by atoms with Crippen LogP contribution in [0.2, 0.25) is 0 Å². The van der Waals surface area contributed by atoms with E-state index < -0.39 is 0 Å². The molecule has 6 heteroatoms. The summed E-state index contributed by atoms with van der Waals surface area (Å²) in [5.74, 6) is 0.462. The van der Waals surface area contributed by atoms with Crippen LogP contribution in [0.5, 0.6) is 11.5 Å². The van der Waals surface area contributed by atoms with Gasteiger partial charge in [0.1, 0.15) is 18.1 Å². The second-order valence-corrected chi connectivity index (χ2v) is 6.08. The van der Waals surface area contributed by atoms with Gasteiger partial charge < -0.3 is 9.84 Å². The summed E-state index contributed by atoms with van der Waals surface area (Å²) in [5.41, 5.74) is 0.668. The lowest BCUT2D eigenvalue weighted by molar-refractivity contribution is -0.123. The highest BCUT2D eigenvalue weighted by Crippen LogP contribution is 2.32. The van der Waals surface area contributed by atoms with E-state index in [9.17, 15) is 14.7 Å². The summed E-state index contributed by atoms with van der Waals surface area (Å²) in [6.07, 6.45) is 1.60. The van der Waals surface area contributed by atoms with Crippen molar-refractivity contribution >= 4 is 29.0 Å². The van der Waals surface area contributed by atoms with Gasteiger partial charge in [-0.3, -0.25) is 14.5 Å². The van der Waals surface area contributed by atoms with E-state index in [1.165, 1.54) is 11.0 Å². The van der Waals surface area contributed by atoms with E-state index in [0.717, 1.165) is 11.8 Å². The third kappa shape index (κ3) is 3.78. The Bertz CT molecular complexity index is 789. The Morgan fingerprint density at radius 2 is 1.88 bits per heavy atom. The van der Waals surface area contributed by atoms with Gasteiger partial charge in [-0.25, -0.2) is 0 Å². The zero-order chi connectivity index (χ0) is 16.9. The number of para-hydroxylation sites is 1. The summed E-state index contributed by atoms with van der Waals surface area (Å²) < 4.78 is 5.53. The van der Waals surface area contributed by atoms with E-state index in [2.05, 4.69) is 0 Å². The molecule has 2 amide bonds. The first-order valence-corrected chi connectivity index (χ1v) is 8.17. The Morgan fingerprint density at radius 3 is 2.62 bits per heavy atom. The highest BCUT2D eigenvalue weighted by Gasteiger charge is 2.34. The van der Waals surface area contributed by atoms with Crippen LogP contribution in [0, 0.1) is 0 Å². The van der Waals surface area contributed by atoms with Crippen molar-refractivity contribution in [2.75, 3.05) is 13.2 Å². The van der Waals surface area contributed by atoms with Crippen LogP contribution in [0.3, 0.4) is 0 Å². The van der Waals surface area contributed by atoms with Crippen LogP contribution >= 0.6 is 11.8 Å². The van der Waals surface area contributed by atoms with Crippen LogP contribution in [-0.2, 0) is 4.79 Å². The summed E-state index contributed by atoms with van der Waals surface area (Å²) in [5, 5.41) is 9.15. The number of nitrogens with zero attached hydrogens (tertiary/aromatic N) is 1. The maximum atomic E-state index is 12.3. The molecule has 0 aliphatic carbocycles. The number of rotatable bonds is 5. The Labute approximate surface area is 143 Å². The topological polar surface area (TPSA) is 66.8 Å². The number of imide groups is 1. The second kappa shape index (κ2) is 7.23. The minimum Gasteiger partial charge on any atom is -0.508 e. The maximum absolute atomic E-state index is 12.3. The van der Waals surface area contributed by atoms with Crippen LogP contribution in [0.15, 0.2) is 59.5 Å². The van der Waals surface area contributed by atoms with E-state index in [4.69, 9.17) is 4.74 Å². The number of phenols is 1. The van der Waals surface area contributed by atoms with Crippen LogP contribution in [0.4, 0.5) is 4.79 Å². The average Bonchev–Trinajstić information content (AvgIpc) is 2.83. The number of thioether (sulfide) groups is 1. The van der Waals surface area contributed by atoms with Gasteiger partial charge in [0.25, 0.3) is 11.1 Å². The van der Waals surface area contributed by atoms with Crippen molar-refractivity contribution in [3.05, 3.63) is 65.1 Å². The number of hydrogen-bond acceptors (Lipinski definition) is 5. The lowest BCUT2D eigenvalue weighted by Crippen LogP contribution is -2.32. The van der Waals surface area contributed by atoms with Crippen molar-refractivity contribution in [2.45, 2.75) is 0 Å². The van der Waals surface area contributed by atoms with Crippen molar-refractivity contribution in [2.24, 2.45) is 0 Å². The fourth-order valence-corrected chi connectivity index (χ4v) is 3.10. The first kappa shape index (κ1) is 16.1. The van der Waals surface area contributed by atoms with Crippen LogP contribution < -0.4 is 4.74 Å². The minimum atomic E-state index is -0.343. The zero-order valence-electron chi connectivity index (χ0n) is 12.7. The quantitative estimate of drug-likeness (QED) is 0.843. The molecular formula is C18H15NO4S. The van der Waals surface area contributed by atoms with E-state index in [-0.39, 0.29) is 30.0 Å². The largest absolute Gasteiger partial charge is 0.508 e. The second-order valence-electron chi connectivity index (χ2n) is 5.09. The fraction of sp³-hybridized carbons (Fsp3) is 0.111. The van der Waals surface area contributed by atoms with Crippen LogP contribution in [0.1, 0.15) is 5.56 Å². The molecule has 1 aliphatic rings. The molecule has 24 heavy (non-hydrogen) atoms. The lowest BCUT2D eigenvalue weighted by Gasteiger charge is -2.13. The number of aromatic hydroxyl groups is 1. The van der Waals surface area contributed by atoms with Gasteiger partial charge >= 0.3 is 0 Å². The molecule has 0 saturated carbocycles. The number of phenolic OH excluding ortho intramolecular Hbond substituents is 1. The molecule has 1 fully saturated rings. The molecule has 0 radical (unpaired) electrons. The Morgan fingerprint density at radius 1 is 1.08 bits per heavy atom. The molecule has 1 saturated heterocycles. The molecule has 5 nitrogen and oxygen atoms in total. The van der Waals surface area contributed by atoms with Crippen LogP contribution in [-0.4, -0.2) is 34.3 Å². The molecule has 0 unspecified atom stereocenters. The summed E-state index contributed by atoms with van der Waals surface area (Å²) >= 11 is 0.890. The van der Waals surface area contributed by atoms with Gasteiger partial charge in [-0.1, -0.05) is 30.3 Å². The average molecular weight is 341 g/mol. The third-order valence-electron chi connectivity index (χ3n) is 3.37. The molecule has 2 aromatic carbocycles. The molecule has 1 heterocycles. The summed E-state index contributed by atoms with van der Waals surface area (Å²) in [7, 11) is 0. The minimum absolute atomic E-state index is 0.110. The molecule has 0 bridgehead atoms. The van der Waals surface area contributed by atoms with Crippen molar-refractivity contribution in [3.63, 3.8) is 0 Å². The molecule has 0 atom stereocenters. The summed E-state index contributed by atoms with van der Waals surface area (Å²) in [6, 6.07) is 15.7. The normalized spacial score (nSPS) is 16.0. The highest BCUT2D eigenvalue weighted by atomic mass is 32.2. The van der Waals surface area contributed by atoms with Gasteiger partial charge in [0, 0.05) is 0 Å². The molecule has 122 valence electrons. The monoisotopic (exact) mass is 341 g/mol. The predicted octanol–water partition coefficient (Wildman–Crippen LogP) is 3.51. The first-order valence-electron chi connectivity index (χ1n) is 7.36. The number of benzene rings is 2. The Balaban J connectivity index is 1.63. The number of hydrogen-bond donors (Lipinski definition) is 1. The van der Waals surface area contributed by atoms with Crippen LogP contribution in [0.25, 0.3) is 6.08 Å². The highest BCUT2D eigenvalue weighted by molar-refractivity contribution is 8.18. The van der Waals surface area contributed by atoms with Crippen molar-refractivity contribution < 1.29 is 19.4 Å². The maximum Gasteiger partial charge on any atom is 0.293 e. The van der Waals surface area contributed by atoms with Gasteiger partial charge in [-0.15, -0.1) is 0 Å². The van der Waals surface area contributed by atoms with Crippen molar-refractivity contribution in [1.29, 1.82) is 0 Å². The fourth-order valence-electron chi connectivity index (χ4n) is 2.23. The van der Waals surface area contributed by atoms with Gasteiger partial charge in [0.15, 0.2) is 0 Å². The van der Waals surface area contributed by atoms with Gasteiger partial charge in [-0.2, -0.15) is 0 Å². The third-order valence-corrected chi connectivity index (χ3v) is 4.28. The lowest BCUT2D eigenvalue weighted by atomic mass is 10.2. The van der Waals surface area contributed by atoms with Gasteiger partial charge in [0.05, 0.1) is 11.4 Å². The molecule has 1 aliphatic heterocycles. The van der Waals surface area contributed by atoms with Crippen molar-refractivity contribution in [3.8, 4) is 11.5 Å². The standard InChI is InChI=1S/C18H15NO4S/c20-14-6-4-5-13(11-14)12-16-17(21)19(18(22)24-16)9-10-23-15-7-2-1-3-8-15/h1-8,11-12,20H,9-10H2/b16-12-. The number of carbonyl (C=O) groups is 2. The van der Waals surface area contributed by atoms with E-state index >= 15 is 0 Å². The zero-order valence-corrected chi connectivity index (χ0v) is 13.5. The van der Waals surface area contributed by atoms with E-state index in [1.807, 2.05) is 30.3 Å². The number of carbonyl (C=O) groups excluding carboxylic acids is 2. The Kier molecular flexibility index (Phi) is 4.86. The number of ether oxygens (including phenoxy) is 1. The van der Waals surface area contributed by atoms with Gasteiger partial charge in [0.2, 0.25) is 0 Å². The Hall–Kier alpha value is -2.73. The van der Waals surface area contributed by atoms with E-state index in [0.29, 0.717) is 16.2 Å². The van der Waals surface area contributed by atoms with Gasteiger partial charge in [-0.05, 0) is 47.7 Å². The summed E-state index contributed by atoms with van der Waals surface area (Å²) in [6.45, 7) is 0.429. The molecule has 3 rings (SSSR count). The smallest absolute Gasteiger partial charge is 0.293 e. The number of amides is 2. The molecule has 1 N–H and O–H groups in total. The molecule has 2 aromatic rings. The molecule has 0 spiro atoms. The predicted molar refractivity (Wildman–Crippen MR) is 92.7 cm³/mol.